The molecule has 1 saturated carbocycles. The second-order valence-electron chi connectivity index (χ2n) is 7.89. The van der Waals surface area contributed by atoms with Gasteiger partial charge in [-0.3, -0.25) is 19.3 Å². The molecular weight excluding hydrogens is 372 g/mol. The van der Waals surface area contributed by atoms with Crippen molar-refractivity contribution in [1.29, 1.82) is 0 Å². The van der Waals surface area contributed by atoms with Gasteiger partial charge in [-0.2, -0.15) is 0 Å². The summed E-state index contributed by atoms with van der Waals surface area (Å²) in [5.41, 5.74) is 0.661. The zero-order chi connectivity index (χ0) is 21.0. The van der Waals surface area contributed by atoms with E-state index in [-0.39, 0.29) is 35.6 Å². The van der Waals surface area contributed by atoms with Gasteiger partial charge < -0.3 is 10.1 Å². The second-order valence-corrected chi connectivity index (χ2v) is 7.89. The van der Waals surface area contributed by atoms with Crippen LogP contribution >= 0.6 is 0 Å². The van der Waals surface area contributed by atoms with Gasteiger partial charge in [-0.05, 0) is 43.4 Å². The summed E-state index contributed by atoms with van der Waals surface area (Å²) in [5.74, 6) is -1.32. The standard InChI is InChI=1S/C22H28N2O5/c1-3-4-11-24-20(26)16-10-9-15(12-17(16)21(24)27)22(28)29-13-19(25)23-18-8-6-5-7-14(18)2/h9-10,12,14,18H,3-8,11,13H2,1-2H3,(H,23,25)/t14-,18+/m0/s1. The summed E-state index contributed by atoms with van der Waals surface area (Å²) in [7, 11) is 0. The maximum Gasteiger partial charge on any atom is 0.338 e. The quantitative estimate of drug-likeness (QED) is 0.561. The molecule has 0 unspecified atom stereocenters. The van der Waals surface area contributed by atoms with Crippen LogP contribution in [0.15, 0.2) is 18.2 Å². The Labute approximate surface area is 170 Å². The Hall–Kier alpha value is -2.70. The van der Waals surface area contributed by atoms with Gasteiger partial charge in [-0.25, -0.2) is 4.79 Å². The summed E-state index contributed by atoms with van der Waals surface area (Å²) in [5, 5.41) is 2.93. The highest BCUT2D eigenvalue weighted by molar-refractivity contribution is 6.21. The number of rotatable bonds is 7. The van der Waals surface area contributed by atoms with Crippen molar-refractivity contribution in [3.05, 3.63) is 34.9 Å². The summed E-state index contributed by atoms with van der Waals surface area (Å²) < 4.78 is 5.12. The van der Waals surface area contributed by atoms with E-state index in [0.717, 1.165) is 32.1 Å². The van der Waals surface area contributed by atoms with Crippen molar-refractivity contribution < 1.29 is 23.9 Å². The molecule has 7 heteroatoms. The number of ether oxygens (including phenoxy) is 1. The van der Waals surface area contributed by atoms with E-state index in [4.69, 9.17) is 4.74 Å². The van der Waals surface area contributed by atoms with Crippen molar-refractivity contribution in [1.82, 2.24) is 10.2 Å². The number of hydrogen-bond acceptors (Lipinski definition) is 5. The lowest BCUT2D eigenvalue weighted by Gasteiger charge is -2.29. The van der Waals surface area contributed by atoms with E-state index >= 15 is 0 Å². The number of nitrogens with zero attached hydrogens (tertiary/aromatic N) is 1. The first-order valence-electron chi connectivity index (χ1n) is 10.4. The van der Waals surface area contributed by atoms with E-state index in [9.17, 15) is 19.2 Å². The number of carbonyl (C=O) groups excluding carboxylic acids is 4. The van der Waals surface area contributed by atoms with Crippen LogP contribution < -0.4 is 5.32 Å². The van der Waals surface area contributed by atoms with Crippen LogP contribution in [0.1, 0.15) is 83.4 Å². The minimum atomic E-state index is -0.688. The lowest BCUT2D eigenvalue weighted by molar-refractivity contribution is -0.125. The average Bonchev–Trinajstić information content (AvgIpc) is 2.96. The monoisotopic (exact) mass is 400 g/mol. The number of carbonyl (C=O) groups is 4. The highest BCUT2D eigenvalue weighted by Gasteiger charge is 2.35. The van der Waals surface area contributed by atoms with Gasteiger partial charge in [-0.15, -0.1) is 0 Å². The van der Waals surface area contributed by atoms with E-state index in [2.05, 4.69) is 12.2 Å². The molecule has 1 aromatic carbocycles. The Kier molecular flexibility index (Phi) is 6.67. The number of hydrogen-bond donors (Lipinski definition) is 1. The van der Waals surface area contributed by atoms with Gasteiger partial charge in [0.2, 0.25) is 0 Å². The molecule has 2 aliphatic rings. The summed E-state index contributed by atoms with van der Waals surface area (Å²) in [6, 6.07) is 4.43. The van der Waals surface area contributed by atoms with Crippen molar-refractivity contribution in [3.8, 4) is 0 Å². The molecule has 2 atom stereocenters. The van der Waals surface area contributed by atoms with Gasteiger partial charge >= 0.3 is 5.97 Å². The highest BCUT2D eigenvalue weighted by Crippen LogP contribution is 2.25. The molecule has 0 spiro atoms. The third-order valence-corrected chi connectivity index (χ3v) is 5.73. The van der Waals surface area contributed by atoms with E-state index in [1.54, 1.807) is 0 Å². The highest BCUT2D eigenvalue weighted by atomic mass is 16.5. The maximum atomic E-state index is 12.5. The van der Waals surface area contributed by atoms with Crippen molar-refractivity contribution in [3.63, 3.8) is 0 Å². The topological polar surface area (TPSA) is 92.8 Å². The number of amides is 3. The predicted octanol–water partition coefficient (Wildman–Crippen LogP) is 2.93. The van der Waals surface area contributed by atoms with E-state index < -0.39 is 11.9 Å². The van der Waals surface area contributed by atoms with Crippen molar-refractivity contribution in [2.75, 3.05) is 13.2 Å². The van der Waals surface area contributed by atoms with Crippen molar-refractivity contribution >= 4 is 23.7 Å². The van der Waals surface area contributed by atoms with Crippen LogP contribution in [0.5, 0.6) is 0 Å². The lowest BCUT2D eigenvalue weighted by Crippen LogP contribution is -2.42. The molecule has 0 radical (unpaired) electrons. The second kappa shape index (κ2) is 9.20. The predicted molar refractivity (Wildman–Crippen MR) is 107 cm³/mol. The fraction of sp³-hybridized carbons (Fsp3) is 0.545. The normalized spacial score (nSPS) is 21.1. The van der Waals surface area contributed by atoms with Crippen molar-refractivity contribution in [2.24, 2.45) is 5.92 Å². The third kappa shape index (κ3) is 4.66. The Bertz CT molecular complexity index is 819. The number of unbranched alkanes of at least 4 members (excludes halogenated alkanes) is 1. The number of imide groups is 1. The molecule has 1 N–H and O–H groups in total. The fourth-order valence-electron chi connectivity index (χ4n) is 3.93. The van der Waals surface area contributed by atoms with Crippen molar-refractivity contribution in [2.45, 2.75) is 58.4 Å². The first kappa shape index (κ1) is 21.0. The molecule has 1 fully saturated rings. The number of benzene rings is 1. The van der Waals surface area contributed by atoms with Gasteiger partial charge in [0.15, 0.2) is 6.61 Å². The van der Waals surface area contributed by atoms with Gasteiger partial charge in [0, 0.05) is 12.6 Å². The fourth-order valence-corrected chi connectivity index (χ4v) is 3.93. The Balaban J connectivity index is 1.58. The molecule has 1 aliphatic heterocycles. The van der Waals surface area contributed by atoms with Gasteiger partial charge in [0.05, 0.1) is 16.7 Å². The summed E-state index contributed by atoms with van der Waals surface area (Å²) in [4.78, 5) is 50.5. The Morgan fingerprint density at radius 3 is 2.59 bits per heavy atom. The van der Waals surface area contributed by atoms with Crippen LogP contribution in [0, 0.1) is 5.92 Å². The number of esters is 1. The molecule has 3 amide bonds. The Morgan fingerprint density at radius 1 is 1.14 bits per heavy atom. The molecular formula is C22H28N2O5. The van der Waals surface area contributed by atoms with Crippen LogP contribution in [-0.4, -0.2) is 47.8 Å². The van der Waals surface area contributed by atoms with Crippen LogP contribution in [0.25, 0.3) is 0 Å². The summed E-state index contributed by atoms with van der Waals surface area (Å²) in [6.07, 6.45) is 5.89. The molecule has 0 saturated heterocycles. The van der Waals surface area contributed by atoms with Crippen LogP contribution in [0.4, 0.5) is 0 Å². The van der Waals surface area contributed by atoms with Gasteiger partial charge in [0.1, 0.15) is 0 Å². The molecule has 29 heavy (non-hydrogen) atoms. The van der Waals surface area contributed by atoms with E-state index in [1.807, 2.05) is 6.92 Å². The summed E-state index contributed by atoms with van der Waals surface area (Å²) in [6.45, 7) is 4.09. The van der Waals surface area contributed by atoms with Crippen LogP contribution in [0.3, 0.4) is 0 Å². The number of nitrogens with one attached hydrogen (secondary N) is 1. The zero-order valence-electron chi connectivity index (χ0n) is 17.0. The maximum absolute atomic E-state index is 12.5. The first-order chi connectivity index (χ1) is 13.9. The van der Waals surface area contributed by atoms with Crippen LogP contribution in [-0.2, 0) is 9.53 Å². The molecule has 3 rings (SSSR count). The van der Waals surface area contributed by atoms with E-state index in [0.29, 0.717) is 18.0 Å². The third-order valence-electron chi connectivity index (χ3n) is 5.73. The molecule has 7 nitrogen and oxygen atoms in total. The van der Waals surface area contributed by atoms with Crippen LogP contribution in [0.2, 0.25) is 0 Å². The van der Waals surface area contributed by atoms with E-state index in [1.165, 1.54) is 29.5 Å². The molecule has 1 aliphatic carbocycles. The molecule has 0 bridgehead atoms. The SMILES string of the molecule is CCCCN1C(=O)c2ccc(C(=O)OCC(=O)N[C@@H]3CCCC[C@@H]3C)cc2C1=O. The lowest BCUT2D eigenvalue weighted by atomic mass is 9.86. The smallest absolute Gasteiger partial charge is 0.338 e. The largest absolute Gasteiger partial charge is 0.452 e. The molecule has 1 aromatic rings. The minimum absolute atomic E-state index is 0.118. The number of fused-ring (bicyclic) bond motifs is 1. The zero-order valence-corrected chi connectivity index (χ0v) is 17.0. The van der Waals surface area contributed by atoms with Gasteiger partial charge in [-0.1, -0.05) is 33.1 Å². The minimum Gasteiger partial charge on any atom is -0.452 e. The first-order valence-corrected chi connectivity index (χ1v) is 10.4. The Morgan fingerprint density at radius 2 is 1.86 bits per heavy atom. The molecule has 1 heterocycles. The van der Waals surface area contributed by atoms with Gasteiger partial charge in [0.25, 0.3) is 17.7 Å². The average molecular weight is 400 g/mol. The molecule has 0 aromatic heterocycles. The molecule has 156 valence electrons. The summed E-state index contributed by atoms with van der Waals surface area (Å²) >= 11 is 0.